The van der Waals surface area contributed by atoms with Crippen LogP contribution in [0.2, 0.25) is 0 Å². The summed E-state index contributed by atoms with van der Waals surface area (Å²) >= 11 is 0. The summed E-state index contributed by atoms with van der Waals surface area (Å²) in [6.07, 6.45) is 4.33. The first kappa shape index (κ1) is 15.9. The van der Waals surface area contributed by atoms with Crippen LogP contribution in [0.4, 0.5) is 0 Å². The van der Waals surface area contributed by atoms with E-state index < -0.39 is 0 Å². The minimum atomic E-state index is 0.158. The molecular weight excluding hydrogens is 272 g/mol. The first-order chi connectivity index (χ1) is 10.4. The Kier molecular flexibility index (Phi) is 4.01. The molecule has 2 aliphatic carbocycles. The maximum absolute atomic E-state index is 10.7. The average molecular weight is 302 g/mol. The Morgan fingerprint density at radius 2 is 2.00 bits per heavy atom. The van der Waals surface area contributed by atoms with Gasteiger partial charge < -0.3 is 10.2 Å². The lowest BCUT2D eigenvalue weighted by Gasteiger charge is -2.52. The van der Waals surface area contributed by atoms with Crippen molar-refractivity contribution in [2.75, 3.05) is 6.61 Å². The Morgan fingerprint density at radius 3 is 2.64 bits per heavy atom. The van der Waals surface area contributed by atoms with Crippen LogP contribution in [0.15, 0.2) is 12.1 Å². The van der Waals surface area contributed by atoms with Gasteiger partial charge >= 0.3 is 0 Å². The lowest BCUT2D eigenvalue weighted by Crippen LogP contribution is -2.47. The molecule has 0 saturated heterocycles. The van der Waals surface area contributed by atoms with E-state index in [4.69, 9.17) is 0 Å². The van der Waals surface area contributed by atoms with E-state index in [0.717, 1.165) is 31.2 Å². The fraction of sp³-hybridized carbons (Fsp3) is 0.700. The molecule has 122 valence electrons. The molecule has 2 heteroatoms. The smallest absolute Gasteiger partial charge is 0.122 e. The van der Waals surface area contributed by atoms with Crippen molar-refractivity contribution in [1.82, 2.24) is 0 Å². The van der Waals surface area contributed by atoms with E-state index in [0.29, 0.717) is 36.0 Å². The second-order valence-corrected chi connectivity index (χ2v) is 8.09. The lowest BCUT2D eigenvalue weighted by molar-refractivity contribution is 0.0347. The van der Waals surface area contributed by atoms with Gasteiger partial charge in [0, 0.05) is 6.61 Å². The minimum Gasteiger partial charge on any atom is -0.507 e. The molecular formula is C20H30O2. The van der Waals surface area contributed by atoms with Gasteiger partial charge in [-0.2, -0.15) is 0 Å². The predicted molar refractivity (Wildman–Crippen MR) is 90.3 cm³/mol. The number of benzene rings is 1. The SMILES string of the molecule is CC(C)c1ccc2c(c1O)CC[C@H]1[C@@H](C)[C@H](CO)CC[C@]21C. The van der Waals surface area contributed by atoms with Gasteiger partial charge in [0.2, 0.25) is 0 Å². The van der Waals surface area contributed by atoms with Crippen LogP contribution in [0, 0.1) is 17.8 Å². The summed E-state index contributed by atoms with van der Waals surface area (Å²) in [5.41, 5.74) is 3.80. The van der Waals surface area contributed by atoms with E-state index in [1.54, 1.807) is 0 Å². The molecule has 3 rings (SSSR count). The van der Waals surface area contributed by atoms with Crippen molar-refractivity contribution in [1.29, 1.82) is 0 Å². The molecule has 22 heavy (non-hydrogen) atoms. The molecule has 0 spiro atoms. The highest BCUT2D eigenvalue weighted by Crippen LogP contribution is 2.55. The molecule has 1 fully saturated rings. The molecule has 2 N–H and O–H groups in total. The minimum absolute atomic E-state index is 0.158. The zero-order valence-electron chi connectivity index (χ0n) is 14.4. The fourth-order valence-corrected chi connectivity index (χ4v) is 5.22. The van der Waals surface area contributed by atoms with Gasteiger partial charge in [-0.05, 0) is 71.5 Å². The van der Waals surface area contributed by atoms with Gasteiger partial charge in [0.25, 0.3) is 0 Å². The molecule has 1 aromatic rings. The van der Waals surface area contributed by atoms with Gasteiger partial charge in [0.05, 0.1) is 0 Å². The summed E-state index contributed by atoms with van der Waals surface area (Å²) in [6.45, 7) is 9.30. The summed E-state index contributed by atoms with van der Waals surface area (Å²) in [4.78, 5) is 0. The maximum atomic E-state index is 10.7. The third kappa shape index (κ3) is 2.19. The number of aliphatic hydroxyl groups excluding tert-OH is 1. The van der Waals surface area contributed by atoms with E-state index in [2.05, 4.69) is 39.8 Å². The normalized spacial score (nSPS) is 34.4. The lowest BCUT2D eigenvalue weighted by atomic mass is 9.52. The zero-order valence-corrected chi connectivity index (χ0v) is 14.4. The number of fused-ring (bicyclic) bond motifs is 3. The van der Waals surface area contributed by atoms with Gasteiger partial charge in [-0.25, -0.2) is 0 Å². The molecule has 2 aliphatic rings. The van der Waals surface area contributed by atoms with Crippen LogP contribution in [0.5, 0.6) is 5.75 Å². The zero-order chi connectivity index (χ0) is 16.1. The Hall–Kier alpha value is -1.02. The number of aliphatic hydroxyl groups is 1. The van der Waals surface area contributed by atoms with Gasteiger partial charge in [0.1, 0.15) is 5.75 Å². The van der Waals surface area contributed by atoms with Gasteiger partial charge in [-0.3, -0.25) is 0 Å². The second kappa shape index (κ2) is 5.56. The highest BCUT2D eigenvalue weighted by molar-refractivity contribution is 5.51. The molecule has 0 aromatic heterocycles. The van der Waals surface area contributed by atoms with Crippen molar-refractivity contribution in [3.63, 3.8) is 0 Å². The van der Waals surface area contributed by atoms with Crippen molar-refractivity contribution in [3.8, 4) is 5.75 Å². The highest BCUT2D eigenvalue weighted by atomic mass is 16.3. The molecule has 0 radical (unpaired) electrons. The molecule has 0 aliphatic heterocycles. The van der Waals surface area contributed by atoms with Crippen molar-refractivity contribution < 1.29 is 10.2 Å². The van der Waals surface area contributed by atoms with Crippen LogP contribution in [0.1, 0.15) is 69.6 Å². The summed E-state index contributed by atoms with van der Waals surface area (Å²) in [5.74, 6) is 2.53. The fourth-order valence-electron chi connectivity index (χ4n) is 5.22. The third-order valence-corrected chi connectivity index (χ3v) is 6.72. The first-order valence-corrected chi connectivity index (χ1v) is 8.86. The molecule has 0 amide bonds. The van der Waals surface area contributed by atoms with E-state index in [1.807, 2.05) is 0 Å². The first-order valence-electron chi connectivity index (χ1n) is 8.86. The number of phenols is 1. The number of aromatic hydroxyl groups is 1. The summed E-state index contributed by atoms with van der Waals surface area (Å²) in [6, 6.07) is 4.41. The maximum Gasteiger partial charge on any atom is 0.122 e. The van der Waals surface area contributed by atoms with Gasteiger partial charge in [-0.15, -0.1) is 0 Å². The number of hydrogen-bond donors (Lipinski definition) is 2. The van der Waals surface area contributed by atoms with Crippen LogP contribution in [-0.4, -0.2) is 16.8 Å². The van der Waals surface area contributed by atoms with Crippen molar-refractivity contribution >= 4 is 0 Å². The van der Waals surface area contributed by atoms with Crippen LogP contribution >= 0.6 is 0 Å². The quantitative estimate of drug-likeness (QED) is 0.851. The Balaban J connectivity index is 2.05. The van der Waals surface area contributed by atoms with E-state index in [-0.39, 0.29) is 5.41 Å². The van der Waals surface area contributed by atoms with E-state index in [1.165, 1.54) is 11.1 Å². The second-order valence-electron chi connectivity index (χ2n) is 8.09. The third-order valence-electron chi connectivity index (χ3n) is 6.72. The standard InChI is InChI=1S/C20H30O2/c1-12(2)15-5-8-18-16(19(15)22)6-7-17-13(3)14(11-21)9-10-20(17,18)4/h5,8,12-14,17,21-22H,6-7,9-11H2,1-4H3/t13-,14-,17-,20-/m0/s1. The van der Waals surface area contributed by atoms with Gasteiger partial charge in [0.15, 0.2) is 0 Å². The van der Waals surface area contributed by atoms with Crippen LogP contribution in [0.3, 0.4) is 0 Å². The topological polar surface area (TPSA) is 40.5 Å². The van der Waals surface area contributed by atoms with Crippen molar-refractivity contribution in [2.45, 2.75) is 64.7 Å². The number of rotatable bonds is 2. The molecule has 2 nitrogen and oxygen atoms in total. The van der Waals surface area contributed by atoms with Crippen molar-refractivity contribution in [2.24, 2.45) is 17.8 Å². The van der Waals surface area contributed by atoms with Crippen LogP contribution in [0.25, 0.3) is 0 Å². The summed E-state index contributed by atoms with van der Waals surface area (Å²) in [5, 5.41) is 20.4. The van der Waals surface area contributed by atoms with Crippen molar-refractivity contribution in [3.05, 3.63) is 28.8 Å². The van der Waals surface area contributed by atoms with E-state index >= 15 is 0 Å². The number of phenolic OH excluding ortho intramolecular Hbond substituents is 1. The Labute approximate surface area is 134 Å². The Morgan fingerprint density at radius 1 is 1.27 bits per heavy atom. The largest absolute Gasteiger partial charge is 0.507 e. The molecule has 1 aromatic carbocycles. The molecule has 0 bridgehead atoms. The monoisotopic (exact) mass is 302 g/mol. The summed E-state index contributed by atoms with van der Waals surface area (Å²) < 4.78 is 0. The molecule has 1 saturated carbocycles. The Bertz CT molecular complexity index is 563. The predicted octanol–water partition coefficient (Wildman–Crippen LogP) is 4.37. The molecule has 0 unspecified atom stereocenters. The van der Waals surface area contributed by atoms with Crippen LogP contribution in [-0.2, 0) is 11.8 Å². The van der Waals surface area contributed by atoms with E-state index in [9.17, 15) is 10.2 Å². The number of hydrogen-bond acceptors (Lipinski definition) is 2. The average Bonchev–Trinajstić information content (AvgIpc) is 2.48. The highest BCUT2D eigenvalue weighted by Gasteiger charge is 2.48. The van der Waals surface area contributed by atoms with Gasteiger partial charge in [-0.1, -0.05) is 39.8 Å². The molecule has 0 heterocycles. The summed E-state index contributed by atoms with van der Waals surface area (Å²) in [7, 11) is 0. The van der Waals surface area contributed by atoms with Crippen LogP contribution < -0.4 is 0 Å². The molecule has 4 atom stereocenters.